The van der Waals surface area contributed by atoms with Crippen molar-refractivity contribution in [1.29, 1.82) is 0 Å². The Bertz CT molecular complexity index is 435. The fourth-order valence-corrected chi connectivity index (χ4v) is 2.71. The van der Waals surface area contributed by atoms with Crippen molar-refractivity contribution in [2.75, 3.05) is 0 Å². The third-order valence-electron chi connectivity index (χ3n) is 3.61. The molecule has 0 fully saturated rings. The van der Waals surface area contributed by atoms with Gasteiger partial charge < -0.3 is 0 Å². The van der Waals surface area contributed by atoms with Crippen molar-refractivity contribution in [3.8, 4) is 0 Å². The largest absolute Gasteiger partial charge is 0.0841 e. The van der Waals surface area contributed by atoms with Gasteiger partial charge in [0.05, 0.1) is 0 Å². The summed E-state index contributed by atoms with van der Waals surface area (Å²) in [7, 11) is 0. The first kappa shape index (κ1) is 8.96. The summed E-state index contributed by atoms with van der Waals surface area (Å²) in [5, 5.41) is 0. The van der Waals surface area contributed by atoms with E-state index in [1.54, 1.807) is 22.3 Å². The van der Waals surface area contributed by atoms with Crippen LogP contribution in [0.4, 0.5) is 0 Å². The molecule has 0 radical (unpaired) electrons. The molecule has 0 atom stereocenters. The van der Waals surface area contributed by atoms with Gasteiger partial charge in [-0.15, -0.1) is 0 Å². The Balaban J connectivity index is 1.97. The lowest BCUT2D eigenvalue weighted by Gasteiger charge is -2.13. The number of fused-ring (bicyclic) bond motifs is 1. The molecule has 0 unspecified atom stereocenters. The summed E-state index contributed by atoms with van der Waals surface area (Å²) in [5.74, 6) is 0. The van der Waals surface area contributed by atoms with Gasteiger partial charge >= 0.3 is 0 Å². The Kier molecular flexibility index (Phi) is 2.21. The molecular formula is C15H16. The summed E-state index contributed by atoms with van der Waals surface area (Å²) in [6.07, 6.45) is 10.7. The van der Waals surface area contributed by atoms with Gasteiger partial charge in [-0.05, 0) is 43.2 Å². The standard InChI is InChI=1S/C15H16/c1-3-7-14-11-15-8-4-2-6-13(15)10-9-12(14)5-1/h1-5,7H,6,8-11H2. The molecule has 2 aliphatic rings. The van der Waals surface area contributed by atoms with Crippen LogP contribution in [0.3, 0.4) is 0 Å². The maximum atomic E-state index is 2.33. The predicted octanol–water partition coefficient (Wildman–Crippen LogP) is 3.82. The van der Waals surface area contributed by atoms with Crippen molar-refractivity contribution >= 4 is 0 Å². The maximum absolute atomic E-state index is 2.33. The maximum Gasteiger partial charge on any atom is -0.00585 e. The molecule has 76 valence electrons. The van der Waals surface area contributed by atoms with Crippen LogP contribution in [0.2, 0.25) is 0 Å². The van der Waals surface area contributed by atoms with Gasteiger partial charge in [-0.3, -0.25) is 0 Å². The molecule has 15 heavy (non-hydrogen) atoms. The number of benzene rings is 1. The van der Waals surface area contributed by atoms with Gasteiger partial charge in [-0.1, -0.05) is 47.6 Å². The van der Waals surface area contributed by atoms with Crippen molar-refractivity contribution in [2.24, 2.45) is 0 Å². The van der Waals surface area contributed by atoms with Crippen molar-refractivity contribution in [3.63, 3.8) is 0 Å². The van der Waals surface area contributed by atoms with Crippen LogP contribution in [-0.2, 0) is 12.8 Å². The number of hydrogen-bond donors (Lipinski definition) is 0. The first-order chi connectivity index (χ1) is 7.43. The lowest BCUT2D eigenvalue weighted by Crippen LogP contribution is -1.96. The SMILES string of the molecule is C1=CCC2=C(C1)CCc1ccccc1C2. The highest BCUT2D eigenvalue weighted by Crippen LogP contribution is 2.31. The molecule has 0 heteroatoms. The summed E-state index contributed by atoms with van der Waals surface area (Å²) >= 11 is 0. The lowest BCUT2D eigenvalue weighted by molar-refractivity contribution is 0.879. The molecule has 0 heterocycles. The molecule has 1 aromatic rings. The van der Waals surface area contributed by atoms with E-state index in [4.69, 9.17) is 0 Å². The van der Waals surface area contributed by atoms with E-state index in [1.807, 2.05) is 0 Å². The van der Waals surface area contributed by atoms with Gasteiger partial charge in [0, 0.05) is 0 Å². The molecule has 0 spiro atoms. The molecule has 0 nitrogen and oxygen atoms in total. The van der Waals surface area contributed by atoms with Crippen LogP contribution in [0.5, 0.6) is 0 Å². The van der Waals surface area contributed by atoms with E-state index >= 15 is 0 Å². The van der Waals surface area contributed by atoms with E-state index in [2.05, 4.69) is 36.4 Å². The number of rotatable bonds is 0. The summed E-state index contributed by atoms with van der Waals surface area (Å²) in [6.45, 7) is 0. The number of allylic oxidation sites excluding steroid dienone is 4. The second-order valence-corrected chi connectivity index (χ2v) is 4.53. The van der Waals surface area contributed by atoms with Crippen molar-refractivity contribution in [1.82, 2.24) is 0 Å². The van der Waals surface area contributed by atoms with Gasteiger partial charge in [0.2, 0.25) is 0 Å². The quantitative estimate of drug-likeness (QED) is 0.553. The first-order valence-electron chi connectivity index (χ1n) is 5.85. The van der Waals surface area contributed by atoms with Gasteiger partial charge in [0.25, 0.3) is 0 Å². The third-order valence-corrected chi connectivity index (χ3v) is 3.61. The van der Waals surface area contributed by atoms with Crippen LogP contribution in [0, 0.1) is 0 Å². The monoisotopic (exact) mass is 196 g/mol. The Morgan fingerprint density at radius 2 is 1.47 bits per heavy atom. The zero-order chi connectivity index (χ0) is 10.1. The Labute approximate surface area is 91.3 Å². The fourth-order valence-electron chi connectivity index (χ4n) is 2.71. The minimum Gasteiger partial charge on any atom is -0.0841 e. The van der Waals surface area contributed by atoms with E-state index < -0.39 is 0 Å². The van der Waals surface area contributed by atoms with Crippen LogP contribution >= 0.6 is 0 Å². The molecule has 0 saturated heterocycles. The smallest absolute Gasteiger partial charge is 0.00585 e. The average Bonchev–Trinajstić information content (AvgIpc) is 2.48. The fraction of sp³-hybridized carbons (Fsp3) is 0.333. The molecule has 2 aliphatic carbocycles. The minimum atomic E-state index is 1.18. The van der Waals surface area contributed by atoms with Crippen molar-refractivity contribution in [2.45, 2.75) is 32.1 Å². The van der Waals surface area contributed by atoms with Crippen LogP contribution in [0.25, 0.3) is 0 Å². The highest BCUT2D eigenvalue weighted by molar-refractivity contribution is 5.38. The first-order valence-corrected chi connectivity index (χ1v) is 5.85. The summed E-state index contributed by atoms with van der Waals surface area (Å²) in [5.41, 5.74) is 6.50. The molecule has 0 aromatic heterocycles. The minimum absolute atomic E-state index is 1.18. The number of hydrogen-bond acceptors (Lipinski definition) is 0. The van der Waals surface area contributed by atoms with Crippen LogP contribution < -0.4 is 0 Å². The van der Waals surface area contributed by atoms with Crippen LogP contribution in [0.15, 0.2) is 47.6 Å². The summed E-state index contributed by atoms with van der Waals surface area (Å²) in [4.78, 5) is 0. The predicted molar refractivity (Wildman–Crippen MR) is 63.9 cm³/mol. The van der Waals surface area contributed by atoms with Crippen LogP contribution in [-0.4, -0.2) is 0 Å². The average molecular weight is 196 g/mol. The van der Waals surface area contributed by atoms with E-state index in [0.717, 1.165) is 0 Å². The Morgan fingerprint density at radius 3 is 2.33 bits per heavy atom. The highest BCUT2D eigenvalue weighted by atomic mass is 14.2. The van der Waals surface area contributed by atoms with Gasteiger partial charge in [0.1, 0.15) is 0 Å². The molecule has 1 aromatic carbocycles. The zero-order valence-corrected chi connectivity index (χ0v) is 9.00. The third kappa shape index (κ3) is 1.65. The Hall–Kier alpha value is -1.30. The Morgan fingerprint density at radius 1 is 0.733 bits per heavy atom. The normalized spacial score (nSPS) is 19.5. The van der Waals surface area contributed by atoms with Crippen molar-refractivity contribution < 1.29 is 0 Å². The number of aryl methyl sites for hydroxylation is 1. The molecule has 3 rings (SSSR count). The van der Waals surface area contributed by atoms with Gasteiger partial charge in [0.15, 0.2) is 0 Å². The van der Waals surface area contributed by atoms with E-state index in [9.17, 15) is 0 Å². The second kappa shape index (κ2) is 3.69. The zero-order valence-electron chi connectivity index (χ0n) is 9.00. The van der Waals surface area contributed by atoms with E-state index in [1.165, 1.54) is 32.1 Å². The molecule has 0 aliphatic heterocycles. The summed E-state index contributed by atoms with van der Waals surface area (Å²) in [6, 6.07) is 8.93. The van der Waals surface area contributed by atoms with Gasteiger partial charge in [-0.25, -0.2) is 0 Å². The van der Waals surface area contributed by atoms with E-state index in [0.29, 0.717) is 0 Å². The molecule has 0 bridgehead atoms. The molecule has 0 N–H and O–H groups in total. The molecular weight excluding hydrogens is 180 g/mol. The van der Waals surface area contributed by atoms with Gasteiger partial charge in [-0.2, -0.15) is 0 Å². The lowest BCUT2D eigenvalue weighted by atomic mass is 9.92. The van der Waals surface area contributed by atoms with Crippen LogP contribution in [0.1, 0.15) is 30.4 Å². The van der Waals surface area contributed by atoms with E-state index in [-0.39, 0.29) is 0 Å². The highest BCUT2D eigenvalue weighted by Gasteiger charge is 2.15. The second-order valence-electron chi connectivity index (χ2n) is 4.53. The summed E-state index contributed by atoms with van der Waals surface area (Å²) < 4.78 is 0. The topological polar surface area (TPSA) is 0 Å². The van der Waals surface area contributed by atoms with Crippen molar-refractivity contribution in [3.05, 3.63) is 58.7 Å². The molecule has 0 saturated carbocycles. The molecule has 0 amide bonds.